The van der Waals surface area contributed by atoms with Crippen molar-refractivity contribution in [3.63, 3.8) is 0 Å². The number of hydrogen-bond acceptors (Lipinski definition) is 5. The zero-order chi connectivity index (χ0) is 17.7. The number of aryl methyl sites for hydroxylation is 2. The van der Waals surface area contributed by atoms with E-state index in [-0.39, 0.29) is 5.54 Å². The molecule has 1 aromatic rings. The first kappa shape index (κ1) is 18.3. The summed E-state index contributed by atoms with van der Waals surface area (Å²) in [4.78, 5) is 26.2. The summed E-state index contributed by atoms with van der Waals surface area (Å²) in [6, 6.07) is 1.17. The molecule has 0 bridgehead atoms. The maximum Gasteiger partial charge on any atom is 0.333 e. The Morgan fingerprint density at radius 1 is 1.21 bits per heavy atom. The number of hydrogen-bond donors (Lipinski definition) is 3. The molecular weight excluding hydrogens is 312 g/mol. The Morgan fingerprint density at radius 3 is 2.46 bits per heavy atom. The van der Waals surface area contributed by atoms with E-state index < -0.39 is 11.9 Å². The predicted octanol–water partition coefficient (Wildman–Crippen LogP) is 0.951. The van der Waals surface area contributed by atoms with E-state index in [0.717, 1.165) is 13.1 Å². The minimum Gasteiger partial charge on any atom is -0.466 e. The topological polar surface area (TPSA) is 95.8 Å². The summed E-state index contributed by atoms with van der Waals surface area (Å²) in [5.41, 5.74) is 4.95. The van der Waals surface area contributed by atoms with E-state index in [1.165, 1.54) is 0 Å². The van der Waals surface area contributed by atoms with E-state index in [1.807, 2.05) is 0 Å². The van der Waals surface area contributed by atoms with E-state index >= 15 is 0 Å². The molecule has 1 aliphatic heterocycles. The van der Waals surface area contributed by atoms with Gasteiger partial charge in [-0.25, -0.2) is 10.2 Å². The number of carbonyl (C=O) groups excluding carboxylic acids is 2. The fourth-order valence-corrected chi connectivity index (χ4v) is 2.66. The number of nitrogens with one attached hydrogen (secondary N) is 3. The minimum atomic E-state index is -0.456. The molecule has 3 N–H and O–H groups in total. The monoisotopic (exact) mass is 338 g/mol. The molecule has 2 heterocycles. The second-order valence-electron chi connectivity index (χ2n) is 6.50. The molecular formula is C16H26N4O4. The van der Waals surface area contributed by atoms with Crippen molar-refractivity contribution in [1.29, 1.82) is 0 Å². The molecule has 1 saturated heterocycles. The van der Waals surface area contributed by atoms with Crippen LogP contribution in [0.5, 0.6) is 0 Å². The summed E-state index contributed by atoms with van der Waals surface area (Å²) in [5, 5.41) is 2.78. The number of urea groups is 1. The molecule has 2 rings (SSSR count). The van der Waals surface area contributed by atoms with Crippen LogP contribution >= 0.6 is 0 Å². The molecule has 1 aromatic heterocycles. The lowest BCUT2D eigenvalue weighted by Gasteiger charge is -2.40. The van der Waals surface area contributed by atoms with Crippen LogP contribution in [-0.2, 0) is 4.74 Å². The van der Waals surface area contributed by atoms with Gasteiger partial charge in [-0.15, -0.1) is 0 Å². The number of carbonyl (C=O) groups is 2. The van der Waals surface area contributed by atoms with Crippen LogP contribution in [-0.4, -0.2) is 55.2 Å². The lowest BCUT2D eigenvalue weighted by molar-refractivity contribution is -0.00877. The van der Waals surface area contributed by atoms with Crippen LogP contribution in [0.15, 0.2) is 10.5 Å². The maximum atomic E-state index is 12.0. The minimum absolute atomic E-state index is 0.191. The molecule has 1 fully saturated rings. The van der Waals surface area contributed by atoms with E-state index in [2.05, 4.69) is 34.9 Å². The third kappa shape index (κ3) is 4.72. The molecule has 0 unspecified atom stereocenters. The van der Waals surface area contributed by atoms with Gasteiger partial charge in [-0.2, -0.15) is 0 Å². The highest BCUT2D eigenvalue weighted by molar-refractivity contribution is 5.96. The number of ether oxygens (including phenoxy) is 1. The number of nitrogens with zero attached hydrogens (tertiary/aromatic N) is 1. The molecule has 8 heteroatoms. The van der Waals surface area contributed by atoms with E-state index in [4.69, 9.17) is 9.15 Å². The van der Waals surface area contributed by atoms with Gasteiger partial charge in [-0.05, 0) is 33.8 Å². The third-order valence-corrected chi connectivity index (χ3v) is 4.12. The SMILES string of the molecule is Cc1cc(C(=O)NNC(=O)NCC(C)(C)N2CCOCC2)c(C)o1. The number of furan rings is 1. The van der Waals surface area contributed by atoms with Gasteiger partial charge in [0.05, 0.1) is 18.8 Å². The van der Waals surface area contributed by atoms with Crippen LogP contribution in [0.25, 0.3) is 0 Å². The van der Waals surface area contributed by atoms with Crippen molar-refractivity contribution in [1.82, 2.24) is 21.1 Å². The Hall–Kier alpha value is -2.06. The van der Waals surface area contributed by atoms with Gasteiger partial charge in [0, 0.05) is 25.2 Å². The number of hydrazine groups is 1. The van der Waals surface area contributed by atoms with Crippen molar-refractivity contribution >= 4 is 11.9 Å². The van der Waals surface area contributed by atoms with Gasteiger partial charge in [-0.3, -0.25) is 15.1 Å². The molecule has 1 aliphatic rings. The standard InChI is InChI=1S/C16H26N4O4/c1-11-9-13(12(2)24-11)14(21)18-19-15(22)17-10-16(3,4)20-5-7-23-8-6-20/h9H,5-8,10H2,1-4H3,(H,18,21)(H2,17,19,22). The van der Waals surface area contributed by atoms with Gasteiger partial charge < -0.3 is 14.5 Å². The van der Waals surface area contributed by atoms with Crippen molar-refractivity contribution < 1.29 is 18.7 Å². The van der Waals surface area contributed by atoms with Crippen LogP contribution in [0.1, 0.15) is 35.7 Å². The summed E-state index contributed by atoms with van der Waals surface area (Å²) in [6.07, 6.45) is 0. The third-order valence-electron chi connectivity index (χ3n) is 4.12. The molecule has 134 valence electrons. The average Bonchev–Trinajstić information content (AvgIpc) is 2.90. The number of amides is 3. The first-order valence-corrected chi connectivity index (χ1v) is 8.03. The molecule has 0 atom stereocenters. The summed E-state index contributed by atoms with van der Waals surface area (Å²) in [5.74, 6) is 0.752. The van der Waals surface area contributed by atoms with Crippen molar-refractivity contribution in [2.45, 2.75) is 33.2 Å². The normalized spacial score (nSPS) is 15.8. The van der Waals surface area contributed by atoms with E-state index in [1.54, 1.807) is 19.9 Å². The van der Waals surface area contributed by atoms with Crippen LogP contribution in [0, 0.1) is 13.8 Å². The Kier molecular flexibility index (Phi) is 5.84. The van der Waals surface area contributed by atoms with Gasteiger partial charge in [0.15, 0.2) is 0 Å². The maximum absolute atomic E-state index is 12.0. The molecule has 8 nitrogen and oxygen atoms in total. The smallest absolute Gasteiger partial charge is 0.333 e. The van der Waals surface area contributed by atoms with Crippen molar-refractivity contribution in [3.05, 3.63) is 23.2 Å². The second-order valence-corrected chi connectivity index (χ2v) is 6.50. The van der Waals surface area contributed by atoms with Gasteiger partial charge in [0.2, 0.25) is 0 Å². The van der Waals surface area contributed by atoms with Crippen molar-refractivity contribution in [2.24, 2.45) is 0 Å². The summed E-state index contributed by atoms with van der Waals surface area (Å²) in [7, 11) is 0. The first-order chi connectivity index (χ1) is 11.3. The molecule has 3 amide bonds. The first-order valence-electron chi connectivity index (χ1n) is 8.03. The fourth-order valence-electron chi connectivity index (χ4n) is 2.66. The Labute approximate surface area is 141 Å². The highest BCUT2D eigenvalue weighted by atomic mass is 16.5. The molecule has 0 saturated carbocycles. The largest absolute Gasteiger partial charge is 0.466 e. The van der Waals surface area contributed by atoms with Gasteiger partial charge in [0.25, 0.3) is 5.91 Å². The Balaban J connectivity index is 1.76. The summed E-state index contributed by atoms with van der Waals surface area (Å²) < 4.78 is 10.6. The van der Waals surface area contributed by atoms with E-state index in [0.29, 0.717) is 36.8 Å². The summed E-state index contributed by atoms with van der Waals surface area (Å²) in [6.45, 7) is 11.1. The number of rotatable bonds is 4. The quantitative estimate of drug-likeness (QED) is 0.711. The Bertz CT molecular complexity index is 591. The molecule has 0 spiro atoms. The molecule has 24 heavy (non-hydrogen) atoms. The van der Waals surface area contributed by atoms with Crippen LogP contribution in [0.3, 0.4) is 0 Å². The summed E-state index contributed by atoms with van der Waals surface area (Å²) >= 11 is 0. The zero-order valence-electron chi connectivity index (χ0n) is 14.7. The molecule has 0 aromatic carbocycles. The lowest BCUT2D eigenvalue weighted by atomic mass is 10.0. The zero-order valence-corrected chi connectivity index (χ0v) is 14.7. The highest BCUT2D eigenvalue weighted by Gasteiger charge is 2.28. The molecule has 0 radical (unpaired) electrons. The fraction of sp³-hybridized carbons (Fsp3) is 0.625. The van der Waals surface area contributed by atoms with Gasteiger partial charge >= 0.3 is 6.03 Å². The van der Waals surface area contributed by atoms with E-state index in [9.17, 15) is 9.59 Å². The van der Waals surface area contributed by atoms with Gasteiger partial charge in [-0.1, -0.05) is 0 Å². The lowest BCUT2D eigenvalue weighted by Crippen LogP contribution is -2.57. The average molecular weight is 338 g/mol. The van der Waals surface area contributed by atoms with Crippen molar-refractivity contribution in [2.75, 3.05) is 32.8 Å². The second kappa shape index (κ2) is 7.67. The van der Waals surface area contributed by atoms with Crippen LogP contribution < -0.4 is 16.2 Å². The number of morpholine rings is 1. The molecule has 0 aliphatic carbocycles. The van der Waals surface area contributed by atoms with Crippen LogP contribution in [0.2, 0.25) is 0 Å². The predicted molar refractivity (Wildman–Crippen MR) is 88.7 cm³/mol. The highest BCUT2D eigenvalue weighted by Crippen LogP contribution is 2.15. The van der Waals surface area contributed by atoms with Crippen molar-refractivity contribution in [3.8, 4) is 0 Å². The Morgan fingerprint density at radius 2 is 1.88 bits per heavy atom. The van der Waals surface area contributed by atoms with Gasteiger partial charge in [0.1, 0.15) is 11.5 Å². The van der Waals surface area contributed by atoms with Crippen LogP contribution in [0.4, 0.5) is 4.79 Å².